The van der Waals surface area contributed by atoms with Crippen LogP contribution in [0.4, 0.5) is 20.4 Å². The normalized spacial score (nSPS) is 22.6. The van der Waals surface area contributed by atoms with Gasteiger partial charge in [-0.1, -0.05) is 25.1 Å². The Kier molecular flexibility index (Phi) is 8.63. The Morgan fingerprint density at radius 3 is 2.84 bits per heavy atom. The zero-order valence-corrected chi connectivity index (χ0v) is 28.1. The van der Waals surface area contributed by atoms with Crippen LogP contribution in [0.1, 0.15) is 62.7 Å². The van der Waals surface area contributed by atoms with Crippen molar-refractivity contribution in [2.75, 3.05) is 50.5 Å². The van der Waals surface area contributed by atoms with E-state index in [1.165, 1.54) is 18.3 Å². The van der Waals surface area contributed by atoms with Gasteiger partial charge in [-0.2, -0.15) is 15.0 Å². The van der Waals surface area contributed by atoms with Crippen LogP contribution < -0.4 is 15.4 Å². The number of amides is 1. The summed E-state index contributed by atoms with van der Waals surface area (Å²) in [6, 6.07) is 3.25. The lowest BCUT2D eigenvalue weighted by atomic mass is 9.95. The number of nitrogens with two attached hydrogens (primary N) is 1. The van der Waals surface area contributed by atoms with Gasteiger partial charge in [0.1, 0.15) is 35.6 Å². The second kappa shape index (κ2) is 12.9. The van der Waals surface area contributed by atoms with Crippen LogP contribution in [0.25, 0.3) is 28.4 Å². The molecule has 0 bridgehead atoms. The highest BCUT2D eigenvalue weighted by Gasteiger charge is 2.49. The summed E-state index contributed by atoms with van der Waals surface area (Å²) >= 11 is 0. The van der Waals surface area contributed by atoms with Crippen LogP contribution in [-0.4, -0.2) is 103 Å². The summed E-state index contributed by atoms with van der Waals surface area (Å²) in [5, 5.41) is 4.31. The molecule has 15 heteroatoms. The average molecular weight is 675 g/mol. The number of nitrogen functional groups attached to an aromatic ring is 1. The maximum Gasteiger partial charge on any atom is 0.319 e. The number of ether oxygens (including phenoxy) is 1. The van der Waals surface area contributed by atoms with Gasteiger partial charge >= 0.3 is 6.01 Å². The molecule has 7 heterocycles. The van der Waals surface area contributed by atoms with Crippen LogP contribution in [0.3, 0.4) is 0 Å². The number of nitrogens with zero attached hydrogens (tertiary/aromatic N) is 9. The molecule has 3 saturated heterocycles. The summed E-state index contributed by atoms with van der Waals surface area (Å²) in [5.41, 5.74) is 6.55. The lowest BCUT2D eigenvalue weighted by Crippen LogP contribution is -2.43. The number of anilines is 2. The number of aromatic nitrogens is 6. The molecule has 4 aromatic rings. The van der Waals surface area contributed by atoms with Gasteiger partial charge in [-0.15, -0.1) is 0 Å². The number of likely N-dealkylation sites (tertiary alicyclic amines) is 1. The van der Waals surface area contributed by atoms with E-state index < -0.39 is 17.5 Å². The molecule has 2 N–H and O–H groups in total. The summed E-state index contributed by atoms with van der Waals surface area (Å²) in [5.74, 6) is 0.724. The molecule has 0 saturated carbocycles. The first-order chi connectivity index (χ1) is 23.5. The van der Waals surface area contributed by atoms with E-state index in [0.29, 0.717) is 60.8 Å². The van der Waals surface area contributed by atoms with E-state index in [9.17, 15) is 9.18 Å². The van der Waals surface area contributed by atoms with E-state index in [1.807, 2.05) is 25.8 Å². The topological polar surface area (TPSA) is 153 Å². The van der Waals surface area contributed by atoms with E-state index in [0.717, 1.165) is 19.4 Å². The lowest BCUT2D eigenvalue weighted by molar-refractivity contribution is -0.124. The van der Waals surface area contributed by atoms with Crippen LogP contribution in [0.2, 0.25) is 0 Å². The number of aryl methyl sites for hydroxylation is 1. The molecule has 49 heavy (non-hydrogen) atoms. The monoisotopic (exact) mass is 674 g/mol. The molecule has 7 rings (SSSR count). The van der Waals surface area contributed by atoms with E-state index in [4.69, 9.17) is 20.0 Å². The maximum absolute atomic E-state index is 16.5. The third kappa shape index (κ3) is 6.27. The van der Waals surface area contributed by atoms with Crippen molar-refractivity contribution in [2.24, 2.45) is 0 Å². The molecule has 0 aromatic carbocycles. The van der Waals surface area contributed by atoms with Crippen LogP contribution >= 0.6 is 0 Å². The number of likely N-dealkylation sites (N-methyl/N-ethyl adjacent to an activating group) is 1. The summed E-state index contributed by atoms with van der Waals surface area (Å²) in [6.45, 7) is 8.01. The number of fused-ring (bicyclic) bond motifs is 2. The number of hydrogen-bond acceptors (Lipinski definition) is 12. The maximum atomic E-state index is 16.5. The summed E-state index contributed by atoms with van der Waals surface area (Å²) in [4.78, 5) is 41.3. The number of rotatable bonds is 9. The van der Waals surface area contributed by atoms with Crippen molar-refractivity contribution in [2.45, 2.75) is 70.1 Å². The van der Waals surface area contributed by atoms with E-state index in [2.05, 4.69) is 30.0 Å². The fourth-order valence-corrected chi connectivity index (χ4v) is 7.18. The van der Waals surface area contributed by atoms with Crippen molar-refractivity contribution in [1.82, 2.24) is 39.9 Å². The first-order valence-corrected chi connectivity index (χ1v) is 16.7. The van der Waals surface area contributed by atoms with Gasteiger partial charge in [0.2, 0.25) is 5.91 Å². The molecule has 3 aliphatic rings. The van der Waals surface area contributed by atoms with Crippen LogP contribution in [-0.2, 0) is 4.79 Å². The van der Waals surface area contributed by atoms with Gasteiger partial charge in [0.15, 0.2) is 11.6 Å². The summed E-state index contributed by atoms with van der Waals surface area (Å²) < 4.78 is 42.4. The van der Waals surface area contributed by atoms with Gasteiger partial charge in [-0.3, -0.25) is 14.7 Å². The number of carbonyl (C=O) groups is 1. The third-order valence-electron chi connectivity index (χ3n) is 9.92. The molecule has 3 fully saturated rings. The Morgan fingerprint density at radius 1 is 1.20 bits per heavy atom. The van der Waals surface area contributed by atoms with Crippen molar-refractivity contribution >= 4 is 34.5 Å². The van der Waals surface area contributed by atoms with Gasteiger partial charge in [0.05, 0.1) is 16.6 Å². The number of halogens is 2. The van der Waals surface area contributed by atoms with Crippen molar-refractivity contribution in [1.29, 1.82) is 0 Å². The lowest BCUT2D eigenvalue weighted by Gasteiger charge is -2.31. The Morgan fingerprint density at radius 2 is 2.04 bits per heavy atom. The predicted molar refractivity (Wildman–Crippen MR) is 179 cm³/mol. The minimum atomic E-state index is -0.921. The molecule has 258 valence electrons. The molecule has 0 radical (unpaired) electrons. The molecule has 0 aliphatic carbocycles. The van der Waals surface area contributed by atoms with Crippen molar-refractivity contribution in [3.05, 3.63) is 47.5 Å². The fraction of sp³-hybridized carbons (Fsp3) is 0.500. The Hall–Kier alpha value is -4.79. The third-order valence-corrected chi connectivity index (χ3v) is 9.92. The van der Waals surface area contributed by atoms with Crippen LogP contribution in [0.15, 0.2) is 28.9 Å². The highest BCUT2D eigenvalue weighted by Crippen LogP contribution is 2.41. The highest BCUT2D eigenvalue weighted by molar-refractivity contribution is 5.93. The van der Waals surface area contributed by atoms with Gasteiger partial charge < -0.3 is 24.8 Å². The molecule has 13 nitrogen and oxygen atoms in total. The minimum Gasteiger partial charge on any atom is -0.461 e. The van der Waals surface area contributed by atoms with E-state index >= 15 is 4.39 Å². The average Bonchev–Trinajstić information content (AvgIpc) is 3.88. The zero-order valence-electron chi connectivity index (χ0n) is 28.1. The number of pyridine rings is 2. The minimum absolute atomic E-state index is 0.0124. The predicted octanol–water partition coefficient (Wildman–Crippen LogP) is 4.33. The fourth-order valence-electron chi connectivity index (χ4n) is 7.18. The molecular formula is C34H40F2N10O3. The SMILES string of the molecule is Cc1ccc(N)nc1-c1ncc2c(N(C)[C@@H]3CCN(C(=O)/C=C/c4nc(C(C)C)no4)C3)nc(OC[C@@]34CCCN3C[C@H](F)C4)nc2c1F. The Balaban J connectivity index is 1.18. The first-order valence-electron chi connectivity index (χ1n) is 16.7. The Labute approximate surface area is 282 Å². The number of hydrogen-bond donors (Lipinski definition) is 1. The van der Waals surface area contributed by atoms with Crippen molar-refractivity contribution < 1.29 is 22.8 Å². The second-order valence-electron chi connectivity index (χ2n) is 13.6. The molecule has 3 atom stereocenters. The standard InChI is InChI=1S/C34H40F2N10O3/c1-19(2)31-40-25(49-43-31)8-9-26(47)45-13-10-22(17-45)44(4)32-23-15-38-30(28-20(3)6-7-24(37)39-28)27(36)29(23)41-33(42-32)48-18-34-11-5-12-46(34)16-21(35)14-34/h6-9,15,19,21-22H,5,10-14,16-18H2,1-4H3,(H2,37,39)/b9-8+/t21-,22-,34+/m1/s1. The molecule has 3 aliphatic heterocycles. The van der Waals surface area contributed by atoms with Gasteiger partial charge in [0.25, 0.3) is 5.89 Å². The zero-order chi connectivity index (χ0) is 34.4. The molecule has 0 spiro atoms. The Bertz CT molecular complexity index is 1920. The number of carbonyl (C=O) groups excluding carboxylic acids is 1. The molecular weight excluding hydrogens is 634 g/mol. The van der Waals surface area contributed by atoms with Gasteiger partial charge in [-0.25, -0.2) is 13.8 Å². The quantitative estimate of drug-likeness (QED) is 0.252. The summed E-state index contributed by atoms with van der Waals surface area (Å²) in [7, 11) is 1.85. The van der Waals surface area contributed by atoms with Gasteiger partial charge in [0, 0.05) is 63.4 Å². The first kappa shape index (κ1) is 32.7. The highest BCUT2D eigenvalue weighted by atomic mass is 19.1. The van der Waals surface area contributed by atoms with Crippen LogP contribution in [0, 0.1) is 12.7 Å². The van der Waals surface area contributed by atoms with E-state index in [-0.39, 0.29) is 53.4 Å². The number of alkyl halides is 1. The molecule has 1 amide bonds. The van der Waals surface area contributed by atoms with Gasteiger partial charge in [-0.05, 0) is 44.4 Å². The smallest absolute Gasteiger partial charge is 0.319 e. The van der Waals surface area contributed by atoms with Crippen LogP contribution in [0.5, 0.6) is 6.01 Å². The van der Waals surface area contributed by atoms with Crippen molar-refractivity contribution in [3.63, 3.8) is 0 Å². The second-order valence-corrected chi connectivity index (χ2v) is 13.6. The largest absolute Gasteiger partial charge is 0.461 e. The van der Waals surface area contributed by atoms with Crippen molar-refractivity contribution in [3.8, 4) is 17.4 Å². The van der Waals surface area contributed by atoms with E-state index in [1.54, 1.807) is 24.0 Å². The molecule has 4 aromatic heterocycles. The summed E-state index contributed by atoms with van der Waals surface area (Å²) in [6.07, 6.45) is 6.34. The molecule has 0 unspecified atom stereocenters.